The third-order valence-electron chi connectivity index (χ3n) is 6.85. The summed E-state index contributed by atoms with van der Waals surface area (Å²) in [5.74, 6) is 3.01. The molecule has 0 atom stereocenters. The summed E-state index contributed by atoms with van der Waals surface area (Å²) in [6.07, 6.45) is 13.3. The SMILES string of the molecule is CCOCCCC1CCC(C2CCC(c3ccc(Cl)c(F)c3)CC2)CC1. The molecule has 0 radical (unpaired) electrons. The van der Waals surface area contributed by atoms with Gasteiger partial charge in [0.05, 0.1) is 5.02 Å². The van der Waals surface area contributed by atoms with E-state index in [4.69, 9.17) is 16.3 Å². The maximum absolute atomic E-state index is 13.7. The lowest BCUT2D eigenvalue weighted by atomic mass is 9.68. The first-order valence-electron chi connectivity index (χ1n) is 10.7. The van der Waals surface area contributed by atoms with Crippen molar-refractivity contribution in [3.8, 4) is 0 Å². The molecule has 0 saturated heterocycles. The Morgan fingerprint density at radius 3 is 2.27 bits per heavy atom. The van der Waals surface area contributed by atoms with Crippen molar-refractivity contribution in [1.82, 2.24) is 0 Å². The zero-order valence-electron chi connectivity index (χ0n) is 16.2. The van der Waals surface area contributed by atoms with E-state index < -0.39 is 0 Å². The van der Waals surface area contributed by atoms with Crippen LogP contribution in [0.25, 0.3) is 0 Å². The van der Waals surface area contributed by atoms with Crippen LogP contribution in [-0.4, -0.2) is 13.2 Å². The van der Waals surface area contributed by atoms with E-state index in [0.29, 0.717) is 5.92 Å². The summed E-state index contributed by atoms with van der Waals surface area (Å²) in [5.41, 5.74) is 1.14. The van der Waals surface area contributed by atoms with Gasteiger partial charge in [0.1, 0.15) is 5.82 Å². The van der Waals surface area contributed by atoms with Gasteiger partial charge in [0.15, 0.2) is 0 Å². The molecule has 2 fully saturated rings. The van der Waals surface area contributed by atoms with Gasteiger partial charge in [0.25, 0.3) is 0 Å². The fourth-order valence-electron chi connectivity index (χ4n) is 5.26. The summed E-state index contributed by atoms with van der Waals surface area (Å²) in [6.45, 7) is 3.85. The van der Waals surface area contributed by atoms with Gasteiger partial charge in [-0.1, -0.05) is 30.5 Å². The van der Waals surface area contributed by atoms with Gasteiger partial charge in [0, 0.05) is 13.2 Å². The zero-order chi connectivity index (χ0) is 18.4. The average molecular weight is 381 g/mol. The van der Waals surface area contributed by atoms with Gasteiger partial charge in [-0.05, 0) is 99.7 Å². The number of rotatable bonds is 7. The van der Waals surface area contributed by atoms with Crippen molar-refractivity contribution in [3.63, 3.8) is 0 Å². The molecule has 0 bridgehead atoms. The molecule has 0 aliphatic heterocycles. The Kier molecular flexibility index (Phi) is 7.81. The molecule has 3 heteroatoms. The van der Waals surface area contributed by atoms with Crippen LogP contribution in [0.5, 0.6) is 0 Å². The van der Waals surface area contributed by atoms with Crippen LogP contribution in [-0.2, 0) is 4.74 Å². The van der Waals surface area contributed by atoms with E-state index in [1.165, 1.54) is 64.2 Å². The molecule has 1 aromatic rings. The molecule has 2 aliphatic carbocycles. The fraction of sp³-hybridized carbons (Fsp3) is 0.739. The standard InChI is InChI=1S/C23H34ClFO/c1-2-26-15-3-4-17-5-7-18(8-6-17)19-9-11-20(12-10-19)21-13-14-22(24)23(25)16-21/h13-14,16-20H,2-12,15H2,1H3. The highest BCUT2D eigenvalue weighted by Gasteiger charge is 2.31. The van der Waals surface area contributed by atoms with Gasteiger partial charge in [-0.15, -0.1) is 0 Å². The van der Waals surface area contributed by atoms with Crippen LogP contribution in [0.1, 0.15) is 82.6 Å². The smallest absolute Gasteiger partial charge is 0.142 e. The van der Waals surface area contributed by atoms with Crippen LogP contribution < -0.4 is 0 Å². The van der Waals surface area contributed by atoms with Crippen molar-refractivity contribution in [3.05, 3.63) is 34.6 Å². The molecule has 146 valence electrons. The topological polar surface area (TPSA) is 9.23 Å². The molecular weight excluding hydrogens is 347 g/mol. The maximum Gasteiger partial charge on any atom is 0.142 e. The molecule has 0 amide bonds. The highest BCUT2D eigenvalue weighted by molar-refractivity contribution is 6.30. The molecule has 0 heterocycles. The molecular formula is C23H34ClFO. The van der Waals surface area contributed by atoms with E-state index in [1.54, 1.807) is 12.1 Å². The summed E-state index contributed by atoms with van der Waals surface area (Å²) in [6, 6.07) is 5.38. The second-order valence-corrected chi connectivity index (χ2v) is 8.81. The van der Waals surface area contributed by atoms with Gasteiger partial charge in [-0.2, -0.15) is 0 Å². The second kappa shape index (κ2) is 10.1. The average Bonchev–Trinajstić information content (AvgIpc) is 2.68. The van der Waals surface area contributed by atoms with Crippen LogP contribution in [0.2, 0.25) is 5.02 Å². The molecule has 2 saturated carbocycles. The zero-order valence-corrected chi connectivity index (χ0v) is 16.9. The minimum Gasteiger partial charge on any atom is -0.382 e. The molecule has 26 heavy (non-hydrogen) atoms. The van der Waals surface area contributed by atoms with Crippen molar-refractivity contribution in [1.29, 1.82) is 0 Å². The Bertz CT molecular complexity index is 545. The minimum absolute atomic E-state index is 0.237. The molecule has 1 aromatic carbocycles. The molecule has 0 aromatic heterocycles. The van der Waals surface area contributed by atoms with Crippen LogP contribution >= 0.6 is 11.6 Å². The van der Waals surface area contributed by atoms with Gasteiger partial charge in [-0.25, -0.2) is 4.39 Å². The Hall–Kier alpha value is -0.600. The van der Waals surface area contributed by atoms with E-state index in [0.717, 1.165) is 36.5 Å². The van der Waals surface area contributed by atoms with Crippen LogP contribution in [0.15, 0.2) is 18.2 Å². The van der Waals surface area contributed by atoms with Crippen molar-refractivity contribution in [2.75, 3.05) is 13.2 Å². The lowest BCUT2D eigenvalue weighted by Gasteiger charge is -2.38. The third-order valence-corrected chi connectivity index (χ3v) is 7.16. The van der Waals surface area contributed by atoms with E-state index in [-0.39, 0.29) is 10.8 Å². The number of halogens is 2. The Labute approximate surface area is 163 Å². The number of benzene rings is 1. The van der Waals surface area contributed by atoms with Crippen molar-refractivity contribution >= 4 is 11.6 Å². The third kappa shape index (κ3) is 5.45. The van der Waals surface area contributed by atoms with Gasteiger partial charge < -0.3 is 4.74 Å². The van der Waals surface area contributed by atoms with Crippen molar-refractivity contribution in [2.45, 2.75) is 77.0 Å². The number of hydrogen-bond acceptors (Lipinski definition) is 1. The van der Waals surface area contributed by atoms with E-state index in [2.05, 4.69) is 6.92 Å². The number of ether oxygens (including phenoxy) is 1. The van der Waals surface area contributed by atoms with Crippen molar-refractivity contribution in [2.24, 2.45) is 17.8 Å². The molecule has 3 rings (SSSR count). The van der Waals surface area contributed by atoms with Crippen LogP contribution in [0.4, 0.5) is 4.39 Å². The Balaban J connectivity index is 1.39. The summed E-state index contributed by atoms with van der Waals surface area (Å²) in [7, 11) is 0. The predicted molar refractivity (Wildman–Crippen MR) is 107 cm³/mol. The maximum atomic E-state index is 13.7. The second-order valence-electron chi connectivity index (χ2n) is 8.41. The summed E-state index contributed by atoms with van der Waals surface area (Å²) < 4.78 is 19.2. The van der Waals surface area contributed by atoms with Gasteiger partial charge in [-0.3, -0.25) is 0 Å². The first kappa shape index (κ1) is 20.1. The lowest BCUT2D eigenvalue weighted by molar-refractivity contribution is 0.125. The largest absolute Gasteiger partial charge is 0.382 e. The minimum atomic E-state index is -0.269. The normalized spacial score (nSPS) is 29.7. The van der Waals surface area contributed by atoms with E-state index in [9.17, 15) is 4.39 Å². The quantitative estimate of drug-likeness (QED) is 0.448. The molecule has 0 N–H and O–H groups in total. The van der Waals surface area contributed by atoms with E-state index in [1.807, 2.05) is 6.07 Å². The Morgan fingerprint density at radius 1 is 1.00 bits per heavy atom. The summed E-state index contributed by atoms with van der Waals surface area (Å²) >= 11 is 5.82. The molecule has 0 unspecified atom stereocenters. The number of hydrogen-bond donors (Lipinski definition) is 0. The lowest BCUT2D eigenvalue weighted by Crippen LogP contribution is -2.25. The highest BCUT2D eigenvalue weighted by atomic mass is 35.5. The first-order chi connectivity index (χ1) is 12.7. The fourth-order valence-corrected chi connectivity index (χ4v) is 5.37. The Morgan fingerprint density at radius 2 is 1.65 bits per heavy atom. The predicted octanol–water partition coefficient (Wildman–Crippen LogP) is 7.38. The first-order valence-corrected chi connectivity index (χ1v) is 11.1. The van der Waals surface area contributed by atoms with Gasteiger partial charge in [0.2, 0.25) is 0 Å². The highest BCUT2D eigenvalue weighted by Crippen LogP contribution is 2.44. The van der Waals surface area contributed by atoms with Gasteiger partial charge >= 0.3 is 0 Å². The molecule has 0 spiro atoms. The summed E-state index contributed by atoms with van der Waals surface area (Å²) in [4.78, 5) is 0. The monoisotopic (exact) mass is 380 g/mol. The molecule has 1 nitrogen and oxygen atoms in total. The molecule has 2 aliphatic rings. The van der Waals surface area contributed by atoms with Crippen LogP contribution in [0, 0.1) is 23.6 Å². The van der Waals surface area contributed by atoms with E-state index >= 15 is 0 Å². The van der Waals surface area contributed by atoms with Crippen LogP contribution in [0.3, 0.4) is 0 Å². The van der Waals surface area contributed by atoms with Crippen molar-refractivity contribution < 1.29 is 9.13 Å². The summed E-state index contributed by atoms with van der Waals surface area (Å²) in [5, 5.41) is 0.237.